The fourth-order valence-corrected chi connectivity index (χ4v) is 2.86. The van der Waals surface area contributed by atoms with Gasteiger partial charge in [-0.2, -0.15) is 0 Å². The SMILES string of the molecule is CC(C)=CC(=O)N1C[C@H](c2ccccc2)[C@@H](N(C)C)C1. The molecule has 3 heteroatoms. The van der Waals surface area contributed by atoms with E-state index in [1.54, 1.807) is 6.08 Å². The summed E-state index contributed by atoms with van der Waals surface area (Å²) in [5.41, 5.74) is 2.37. The normalized spacial score (nSPS) is 22.1. The second-order valence-corrected chi connectivity index (χ2v) is 6.01. The molecule has 0 unspecified atom stereocenters. The van der Waals surface area contributed by atoms with Crippen molar-refractivity contribution in [1.29, 1.82) is 0 Å². The van der Waals surface area contributed by atoms with Gasteiger partial charge in [0.2, 0.25) is 5.91 Å². The van der Waals surface area contributed by atoms with Crippen molar-refractivity contribution in [3.63, 3.8) is 0 Å². The smallest absolute Gasteiger partial charge is 0.246 e. The first-order valence-corrected chi connectivity index (χ1v) is 7.14. The molecular formula is C17H24N2O. The van der Waals surface area contributed by atoms with E-state index in [4.69, 9.17) is 0 Å². The van der Waals surface area contributed by atoms with Gasteiger partial charge in [-0.05, 0) is 33.5 Å². The minimum absolute atomic E-state index is 0.135. The van der Waals surface area contributed by atoms with Crippen molar-refractivity contribution in [2.45, 2.75) is 25.8 Å². The van der Waals surface area contributed by atoms with E-state index in [-0.39, 0.29) is 5.91 Å². The Balaban J connectivity index is 2.20. The van der Waals surface area contributed by atoms with Gasteiger partial charge in [0.25, 0.3) is 0 Å². The zero-order valence-corrected chi connectivity index (χ0v) is 12.8. The maximum atomic E-state index is 12.2. The molecule has 1 aliphatic heterocycles. The highest BCUT2D eigenvalue weighted by atomic mass is 16.2. The van der Waals surface area contributed by atoms with Crippen LogP contribution in [-0.2, 0) is 4.79 Å². The number of likely N-dealkylation sites (N-methyl/N-ethyl adjacent to an activating group) is 1. The summed E-state index contributed by atoms with van der Waals surface area (Å²) in [6, 6.07) is 10.9. The number of carbonyl (C=O) groups excluding carboxylic acids is 1. The minimum atomic E-state index is 0.135. The third-order valence-electron chi connectivity index (χ3n) is 3.90. The molecule has 1 aromatic rings. The largest absolute Gasteiger partial charge is 0.337 e. The topological polar surface area (TPSA) is 23.6 Å². The van der Waals surface area contributed by atoms with Gasteiger partial charge in [0.05, 0.1) is 0 Å². The summed E-state index contributed by atoms with van der Waals surface area (Å²) in [4.78, 5) is 16.4. The Morgan fingerprint density at radius 1 is 1.20 bits per heavy atom. The summed E-state index contributed by atoms with van der Waals surface area (Å²) >= 11 is 0. The molecule has 2 atom stereocenters. The number of rotatable bonds is 3. The standard InChI is InChI=1S/C17H24N2O/c1-13(2)10-17(20)19-11-15(16(12-19)18(3)4)14-8-6-5-7-9-14/h5-10,15-16H,11-12H2,1-4H3/t15-,16+/m1/s1. The molecule has 0 radical (unpaired) electrons. The van der Waals surface area contributed by atoms with E-state index >= 15 is 0 Å². The van der Waals surface area contributed by atoms with Gasteiger partial charge in [-0.25, -0.2) is 0 Å². The summed E-state index contributed by atoms with van der Waals surface area (Å²) in [5.74, 6) is 0.524. The van der Waals surface area contributed by atoms with E-state index in [0.29, 0.717) is 12.0 Å². The first kappa shape index (κ1) is 14.8. The van der Waals surface area contributed by atoms with E-state index in [0.717, 1.165) is 18.7 Å². The summed E-state index contributed by atoms with van der Waals surface area (Å²) in [5, 5.41) is 0. The predicted octanol–water partition coefficient (Wildman–Crippen LogP) is 2.51. The van der Waals surface area contributed by atoms with E-state index in [2.05, 4.69) is 43.3 Å². The van der Waals surface area contributed by atoms with Crippen LogP contribution in [0.15, 0.2) is 42.0 Å². The molecule has 1 aromatic carbocycles. The van der Waals surface area contributed by atoms with E-state index in [1.165, 1.54) is 5.56 Å². The molecule has 1 saturated heterocycles. The molecule has 20 heavy (non-hydrogen) atoms. The van der Waals surface area contributed by atoms with Gasteiger partial charge in [0.15, 0.2) is 0 Å². The molecule has 0 N–H and O–H groups in total. The van der Waals surface area contributed by atoms with Gasteiger partial charge < -0.3 is 9.80 Å². The van der Waals surface area contributed by atoms with Gasteiger partial charge >= 0.3 is 0 Å². The lowest BCUT2D eigenvalue weighted by atomic mass is 9.94. The van der Waals surface area contributed by atoms with Crippen LogP contribution in [0, 0.1) is 0 Å². The molecule has 0 spiro atoms. The second-order valence-electron chi connectivity index (χ2n) is 6.01. The molecule has 0 aliphatic carbocycles. The van der Waals surface area contributed by atoms with Crippen LogP contribution in [-0.4, -0.2) is 48.9 Å². The van der Waals surface area contributed by atoms with Crippen LogP contribution in [0.5, 0.6) is 0 Å². The van der Waals surface area contributed by atoms with Crippen molar-refractivity contribution in [3.8, 4) is 0 Å². The van der Waals surface area contributed by atoms with Crippen LogP contribution in [0.1, 0.15) is 25.3 Å². The monoisotopic (exact) mass is 272 g/mol. The summed E-state index contributed by atoms with van der Waals surface area (Å²) in [7, 11) is 4.19. The minimum Gasteiger partial charge on any atom is -0.337 e. The highest BCUT2D eigenvalue weighted by Crippen LogP contribution is 2.30. The Hall–Kier alpha value is -1.61. The fraction of sp³-hybridized carbons (Fsp3) is 0.471. The Morgan fingerprint density at radius 2 is 1.85 bits per heavy atom. The number of likely N-dealkylation sites (tertiary alicyclic amines) is 1. The highest BCUT2D eigenvalue weighted by molar-refractivity contribution is 5.88. The van der Waals surface area contributed by atoms with Crippen molar-refractivity contribution in [1.82, 2.24) is 9.80 Å². The molecule has 0 bridgehead atoms. The maximum absolute atomic E-state index is 12.2. The predicted molar refractivity (Wildman–Crippen MR) is 82.7 cm³/mol. The second kappa shape index (κ2) is 6.23. The molecule has 1 heterocycles. The molecular weight excluding hydrogens is 248 g/mol. The van der Waals surface area contributed by atoms with Gasteiger partial charge in [-0.3, -0.25) is 4.79 Å². The van der Waals surface area contributed by atoms with Crippen LogP contribution < -0.4 is 0 Å². The Labute approximate surface area is 121 Å². The van der Waals surface area contributed by atoms with E-state index < -0.39 is 0 Å². The molecule has 2 rings (SSSR count). The molecule has 0 aromatic heterocycles. The Kier molecular flexibility index (Phi) is 4.61. The van der Waals surface area contributed by atoms with Crippen molar-refractivity contribution in [3.05, 3.63) is 47.5 Å². The number of hydrogen-bond donors (Lipinski definition) is 0. The van der Waals surface area contributed by atoms with Gasteiger partial charge in [-0.1, -0.05) is 35.9 Å². The maximum Gasteiger partial charge on any atom is 0.246 e. The third-order valence-corrected chi connectivity index (χ3v) is 3.90. The molecule has 1 aliphatic rings. The molecule has 0 saturated carbocycles. The number of nitrogens with zero attached hydrogens (tertiary/aromatic N) is 2. The number of amides is 1. The van der Waals surface area contributed by atoms with Crippen LogP contribution in [0.2, 0.25) is 0 Å². The Morgan fingerprint density at radius 3 is 2.40 bits per heavy atom. The molecule has 108 valence electrons. The lowest BCUT2D eigenvalue weighted by Gasteiger charge is -2.25. The van der Waals surface area contributed by atoms with Gasteiger partial charge in [0, 0.05) is 31.1 Å². The van der Waals surface area contributed by atoms with Crippen molar-refractivity contribution < 1.29 is 4.79 Å². The van der Waals surface area contributed by atoms with Crippen LogP contribution in [0.4, 0.5) is 0 Å². The average molecular weight is 272 g/mol. The van der Waals surface area contributed by atoms with Crippen LogP contribution in [0.3, 0.4) is 0 Å². The quantitative estimate of drug-likeness (QED) is 0.789. The lowest BCUT2D eigenvalue weighted by Crippen LogP contribution is -2.35. The first-order chi connectivity index (χ1) is 9.49. The summed E-state index contributed by atoms with van der Waals surface area (Å²) < 4.78 is 0. The number of benzene rings is 1. The first-order valence-electron chi connectivity index (χ1n) is 7.14. The number of hydrogen-bond acceptors (Lipinski definition) is 2. The van der Waals surface area contributed by atoms with Gasteiger partial charge in [0.1, 0.15) is 0 Å². The zero-order valence-electron chi connectivity index (χ0n) is 12.8. The average Bonchev–Trinajstić information content (AvgIpc) is 2.84. The molecule has 1 amide bonds. The summed E-state index contributed by atoms with van der Waals surface area (Å²) in [6.45, 7) is 5.53. The molecule has 3 nitrogen and oxygen atoms in total. The molecule has 1 fully saturated rings. The van der Waals surface area contributed by atoms with Crippen molar-refractivity contribution in [2.24, 2.45) is 0 Å². The van der Waals surface area contributed by atoms with E-state index in [9.17, 15) is 4.79 Å². The lowest BCUT2D eigenvalue weighted by molar-refractivity contribution is -0.125. The highest BCUT2D eigenvalue weighted by Gasteiger charge is 2.36. The number of carbonyl (C=O) groups is 1. The number of allylic oxidation sites excluding steroid dienone is 1. The van der Waals surface area contributed by atoms with Crippen LogP contribution in [0.25, 0.3) is 0 Å². The van der Waals surface area contributed by atoms with E-state index in [1.807, 2.05) is 24.8 Å². The Bertz CT molecular complexity index is 489. The summed E-state index contributed by atoms with van der Waals surface area (Å²) in [6.07, 6.45) is 1.74. The third kappa shape index (κ3) is 3.28. The van der Waals surface area contributed by atoms with Crippen molar-refractivity contribution in [2.75, 3.05) is 27.2 Å². The van der Waals surface area contributed by atoms with Crippen LogP contribution >= 0.6 is 0 Å². The zero-order chi connectivity index (χ0) is 14.7. The fourth-order valence-electron chi connectivity index (χ4n) is 2.86. The van der Waals surface area contributed by atoms with Crippen molar-refractivity contribution >= 4 is 5.91 Å². The van der Waals surface area contributed by atoms with Gasteiger partial charge in [-0.15, -0.1) is 0 Å².